The second-order valence-electron chi connectivity index (χ2n) is 4.86. The summed E-state index contributed by atoms with van der Waals surface area (Å²) in [4.78, 5) is 0. The van der Waals surface area contributed by atoms with Crippen LogP contribution in [0.15, 0.2) is 0 Å². The average molecular weight is 213 g/mol. The van der Waals surface area contributed by atoms with Gasteiger partial charge in [-0.1, -0.05) is 47.5 Å². The summed E-state index contributed by atoms with van der Waals surface area (Å²) < 4.78 is 0. The van der Waals surface area contributed by atoms with Crippen molar-refractivity contribution in [3.8, 4) is 0 Å². The Hall–Kier alpha value is 0.495. The molecule has 14 heavy (non-hydrogen) atoms. The third-order valence-corrected chi connectivity index (χ3v) is 6.12. The van der Waals surface area contributed by atoms with E-state index in [-0.39, 0.29) is 16.3 Å². The standard InChI is InChI=1S/C12H27P.B/c1-6-8-10-13(11-9-7-2)12(3,4)5;/h6-11H2,1-5H3;. The van der Waals surface area contributed by atoms with Crippen LogP contribution in [0.25, 0.3) is 0 Å². The van der Waals surface area contributed by atoms with E-state index in [1.165, 1.54) is 38.0 Å². The average Bonchev–Trinajstić information content (AvgIpc) is 2.02. The molecule has 0 aromatic heterocycles. The monoisotopic (exact) mass is 213 g/mol. The molecular weight excluding hydrogens is 186 g/mol. The van der Waals surface area contributed by atoms with Gasteiger partial charge in [0, 0.05) is 8.41 Å². The second kappa shape index (κ2) is 8.78. The van der Waals surface area contributed by atoms with Gasteiger partial charge in [-0.05, 0) is 30.3 Å². The molecule has 0 fully saturated rings. The highest BCUT2D eigenvalue weighted by atomic mass is 31.1. The highest BCUT2D eigenvalue weighted by Gasteiger charge is 2.22. The second-order valence-corrected chi connectivity index (χ2v) is 8.18. The third kappa shape index (κ3) is 7.86. The topological polar surface area (TPSA) is 0 Å². The SMILES string of the molecule is CCCCP(CCCC)C(C)(C)C.[B]. The van der Waals surface area contributed by atoms with Crippen LogP contribution in [-0.2, 0) is 0 Å². The molecule has 0 saturated heterocycles. The van der Waals surface area contributed by atoms with E-state index in [1.807, 2.05) is 0 Å². The number of unbranched alkanes of at least 4 members (excludes halogenated alkanes) is 2. The maximum atomic E-state index is 2.42. The van der Waals surface area contributed by atoms with Crippen LogP contribution in [0.5, 0.6) is 0 Å². The largest absolute Gasteiger partial charge is 0.101 e. The van der Waals surface area contributed by atoms with Crippen molar-refractivity contribution in [2.24, 2.45) is 0 Å². The summed E-state index contributed by atoms with van der Waals surface area (Å²) in [6, 6.07) is 0. The van der Waals surface area contributed by atoms with Gasteiger partial charge in [0.05, 0.1) is 0 Å². The predicted molar refractivity (Wildman–Crippen MR) is 72.0 cm³/mol. The maximum Gasteiger partial charge on any atom is 0 e. The van der Waals surface area contributed by atoms with Crippen molar-refractivity contribution in [3.63, 3.8) is 0 Å². The molecule has 0 bridgehead atoms. The molecule has 0 aromatic carbocycles. The molecule has 0 rings (SSSR count). The van der Waals surface area contributed by atoms with E-state index >= 15 is 0 Å². The fourth-order valence-corrected chi connectivity index (χ4v) is 4.44. The molecule has 2 heteroatoms. The van der Waals surface area contributed by atoms with Crippen molar-refractivity contribution in [1.82, 2.24) is 0 Å². The van der Waals surface area contributed by atoms with Crippen LogP contribution in [0.4, 0.5) is 0 Å². The highest BCUT2D eigenvalue weighted by molar-refractivity contribution is 7.59. The summed E-state index contributed by atoms with van der Waals surface area (Å²) in [5.74, 6) is 0. The van der Waals surface area contributed by atoms with Crippen molar-refractivity contribution in [3.05, 3.63) is 0 Å². The van der Waals surface area contributed by atoms with Gasteiger partial charge >= 0.3 is 0 Å². The van der Waals surface area contributed by atoms with Gasteiger partial charge < -0.3 is 0 Å². The first-order valence-corrected chi connectivity index (χ1v) is 7.48. The van der Waals surface area contributed by atoms with Crippen molar-refractivity contribution >= 4 is 16.3 Å². The summed E-state index contributed by atoms with van der Waals surface area (Å²) in [6.45, 7) is 11.9. The van der Waals surface area contributed by atoms with Crippen molar-refractivity contribution < 1.29 is 0 Å². The fourth-order valence-electron chi connectivity index (χ4n) is 1.48. The Morgan fingerprint density at radius 2 is 1.21 bits per heavy atom. The van der Waals surface area contributed by atoms with Gasteiger partial charge in [-0.2, -0.15) is 0 Å². The lowest BCUT2D eigenvalue weighted by Crippen LogP contribution is -2.15. The molecule has 0 unspecified atom stereocenters. The summed E-state index contributed by atoms with van der Waals surface area (Å²) in [5, 5.41) is 0.583. The van der Waals surface area contributed by atoms with Crippen LogP contribution in [-0.4, -0.2) is 25.9 Å². The van der Waals surface area contributed by atoms with Crippen LogP contribution >= 0.6 is 7.92 Å². The predicted octanol–water partition coefficient (Wildman–Crippen LogP) is 4.49. The van der Waals surface area contributed by atoms with Gasteiger partial charge in [0.25, 0.3) is 0 Å². The molecule has 0 spiro atoms. The first-order valence-electron chi connectivity index (χ1n) is 5.77. The Bertz CT molecular complexity index is 110. The molecule has 0 nitrogen and oxygen atoms in total. The number of hydrogen-bond acceptors (Lipinski definition) is 0. The van der Waals surface area contributed by atoms with Crippen LogP contribution in [0.2, 0.25) is 0 Å². The summed E-state index contributed by atoms with van der Waals surface area (Å²) in [5.41, 5.74) is 0. The Labute approximate surface area is 94.6 Å². The van der Waals surface area contributed by atoms with Crippen LogP contribution in [0.3, 0.4) is 0 Å². The van der Waals surface area contributed by atoms with Gasteiger partial charge in [0.2, 0.25) is 0 Å². The zero-order valence-corrected chi connectivity index (χ0v) is 11.7. The van der Waals surface area contributed by atoms with E-state index in [0.29, 0.717) is 5.16 Å². The molecule has 0 amide bonds. The zero-order chi connectivity index (χ0) is 10.3. The molecule has 0 aromatic rings. The number of rotatable bonds is 6. The van der Waals surface area contributed by atoms with E-state index in [9.17, 15) is 0 Å². The third-order valence-electron chi connectivity index (χ3n) is 2.51. The lowest BCUT2D eigenvalue weighted by Gasteiger charge is -2.31. The molecule has 0 N–H and O–H groups in total. The summed E-state index contributed by atoms with van der Waals surface area (Å²) >= 11 is 0. The lowest BCUT2D eigenvalue weighted by atomic mass is 10.3. The first kappa shape index (κ1) is 16.9. The summed E-state index contributed by atoms with van der Waals surface area (Å²) in [6.07, 6.45) is 8.59. The molecule has 83 valence electrons. The van der Waals surface area contributed by atoms with E-state index < -0.39 is 0 Å². The van der Waals surface area contributed by atoms with E-state index in [1.54, 1.807) is 0 Å². The smallest absolute Gasteiger partial charge is 0 e. The number of hydrogen-bond donors (Lipinski definition) is 0. The minimum atomic E-state index is 0. The summed E-state index contributed by atoms with van der Waals surface area (Å²) in [7, 11) is 0.287. The minimum absolute atomic E-state index is 0. The van der Waals surface area contributed by atoms with Gasteiger partial charge in [0.15, 0.2) is 0 Å². The Morgan fingerprint density at radius 3 is 1.43 bits per heavy atom. The highest BCUT2D eigenvalue weighted by Crippen LogP contribution is 2.50. The van der Waals surface area contributed by atoms with Gasteiger partial charge in [0.1, 0.15) is 0 Å². The van der Waals surface area contributed by atoms with Gasteiger partial charge in [-0.3, -0.25) is 0 Å². The molecule has 3 radical (unpaired) electrons. The van der Waals surface area contributed by atoms with Crippen molar-refractivity contribution in [2.45, 2.75) is 65.5 Å². The lowest BCUT2D eigenvalue weighted by molar-refractivity contribution is 0.758. The molecule has 0 aliphatic heterocycles. The Balaban J connectivity index is 0. The molecule has 0 heterocycles. The quantitative estimate of drug-likeness (QED) is 0.450. The van der Waals surface area contributed by atoms with Gasteiger partial charge in [-0.25, -0.2) is 0 Å². The Kier molecular flexibility index (Phi) is 10.6. The molecule has 0 atom stereocenters. The van der Waals surface area contributed by atoms with E-state index in [4.69, 9.17) is 0 Å². The van der Waals surface area contributed by atoms with Crippen molar-refractivity contribution in [1.29, 1.82) is 0 Å². The molecular formula is C12H27BP. The van der Waals surface area contributed by atoms with Crippen LogP contribution in [0, 0.1) is 0 Å². The normalized spacial score (nSPS) is 11.6. The van der Waals surface area contributed by atoms with Gasteiger partial charge in [-0.15, -0.1) is 7.92 Å². The fraction of sp³-hybridized carbons (Fsp3) is 1.00. The minimum Gasteiger partial charge on any atom is -0.101 e. The Morgan fingerprint density at radius 1 is 0.857 bits per heavy atom. The molecule has 0 saturated carbocycles. The van der Waals surface area contributed by atoms with E-state index in [0.717, 1.165) is 0 Å². The van der Waals surface area contributed by atoms with Crippen LogP contribution in [0.1, 0.15) is 60.3 Å². The molecule has 0 aliphatic rings. The van der Waals surface area contributed by atoms with Crippen molar-refractivity contribution in [2.75, 3.05) is 12.3 Å². The van der Waals surface area contributed by atoms with Crippen LogP contribution < -0.4 is 0 Å². The maximum absolute atomic E-state index is 2.42. The molecule has 0 aliphatic carbocycles. The first-order chi connectivity index (χ1) is 6.02. The zero-order valence-electron chi connectivity index (χ0n) is 10.8. The van der Waals surface area contributed by atoms with E-state index in [2.05, 4.69) is 34.6 Å².